The molecule has 0 bridgehead atoms. The van der Waals surface area contributed by atoms with Gasteiger partial charge in [-0.05, 0) is 30.7 Å². The van der Waals surface area contributed by atoms with Gasteiger partial charge in [0.25, 0.3) is 16.0 Å². The van der Waals surface area contributed by atoms with E-state index in [4.69, 9.17) is 8.92 Å². The van der Waals surface area contributed by atoms with Crippen molar-refractivity contribution >= 4 is 16.0 Å². The van der Waals surface area contributed by atoms with Crippen LogP contribution in [0.2, 0.25) is 0 Å². The molecular formula is C25H23NO5S. The first-order valence-electron chi connectivity index (χ1n) is 10.5. The van der Waals surface area contributed by atoms with Gasteiger partial charge in [-0.1, -0.05) is 66.2 Å². The summed E-state index contributed by atoms with van der Waals surface area (Å²) < 4.78 is 37.8. The zero-order valence-corrected chi connectivity index (χ0v) is 18.4. The third-order valence-electron chi connectivity index (χ3n) is 6.21. The molecule has 1 saturated heterocycles. The second-order valence-corrected chi connectivity index (χ2v) is 9.67. The van der Waals surface area contributed by atoms with Crippen LogP contribution in [0.25, 0.3) is 0 Å². The number of amides is 1. The Bertz CT molecular complexity index is 1260. The van der Waals surface area contributed by atoms with E-state index < -0.39 is 21.8 Å². The van der Waals surface area contributed by atoms with Gasteiger partial charge in [-0.25, -0.2) is 0 Å². The summed E-state index contributed by atoms with van der Waals surface area (Å²) in [7, 11) is -3.99. The van der Waals surface area contributed by atoms with Crippen LogP contribution < -0.4 is 0 Å². The molecule has 3 aromatic rings. The summed E-state index contributed by atoms with van der Waals surface area (Å²) in [5.74, 6) is -0.652. The Morgan fingerprint density at radius 3 is 2.44 bits per heavy atom. The lowest BCUT2D eigenvalue weighted by Gasteiger charge is -2.47. The van der Waals surface area contributed by atoms with Gasteiger partial charge < -0.3 is 9.64 Å². The van der Waals surface area contributed by atoms with E-state index in [-0.39, 0.29) is 17.4 Å². The lowest BCUT2D eigenvalue weighted by atomic mass is 9.77. The SMILES string of the molecule is Cc1ccc(S(=O)(=O)OC[C@H]2c3ccccc3C(=O)N3CCO[C@@]23c2ccccc2)cc1. The Morgan fingerprint density at radius 2 is 1.69 bits per heavy atom. The van der Waals surface area contributed by atoms with Crippen LogP contribution in [0.5, 0.6) is 0 Å². The van der Waals surface area contributed by atoms with Crippen LogP contribution in [-0.2, 0) is 24.8 Å². The molecule has 0 spiro atoms. The molecule has 6 nitrogen and oxygen atoms in total. The highest BCUT2D eigenvalue weighted by Gasteiger charge is 2.57. The van der Waals surface area contributed by atoms with Crippen LogP contribution in [0.3, 0.4) is 0 Å². The molecule has 164 valence electrons. The van der Waals surface area contributed by atoms with Crippen molar-refractivity contribution in [2.24, 2.45) is 0 Å². The molecule has 0 radical (unpaired) electrons. The fourth-order valence-corrected chi connectivity index (χ4v) is 5.60. The summed E-state index contributed by atoms with van der Waals surface area (Å²) in [5, 5.41) is 0. The Labute approximate surface area is 187 Å². The topological polar surface area (TPSA) is 72.9 Å². The van der Waals surface area contributed by atoms with Crippen LogP contribution in [0, 0.1) is 6.92 Å². The molecule has 1 fully saturated rings. The second kappa shape index (κ2) is 7.85. The maximum absolute atomic E-state index is 13.4. The molecule has 0 N–H and O–H groups in total. The molecule has 5 rings (SSSR count). The summed E-state index contributed by atoms with van der Waals surface area (Å²) in [5.41, 5.74) is 1.89. The zero-order chi connectivity index (χ0) is 22.3. The average Bonchev–Trinajstić information content (AvgIpc) is 3.26. The van der Waals surface area contributed by atoms with Crippen LogP contribution in [0.1, 0.15) is 33.0 Å². The summed E-state index contributed by atoms with van der Waals surface area (Å²) in [6, 6.07) is 23.3. The molecular weight excluding hydrogens is 426 g/mol. The highest BCUT2D eigenvalue weighted by Crippen LogP contribution is 2.51. The van der Waals surface area contributed by atoms with Crippen molar-refractivity contribution in [3.8, 4) is 0 Å². The van der Waals surface area contributed by atoms with E-state index in [0.717, 1.165) is 16.7 Å². The summed E-state index contributed by atoms with van der Waals surface area (Å²) in [6.07, 6.45) is 0. The molecule has 3 aromatic carbocycles. The van der Waals surface area contributed by atoms with Crippen molar-refractivity contribution in [2.45, 2.75) is 23.5 Å². The van der Waals surface area contributed by atoms with Crippen molar-refractivity contribution in [1.29, 1.82) is 0 Å². The van der Waals surface area contributed by atoms with Crippen LogP contribution >= 0.6 is 0 Å². The minimum Gasteiger partial charge on any atom is -0.349 e. The van der Waals surface area contributed by atoms with Gasteiger partial charge in [-0.2, -0.15) is 8.42 Å². The van der Waals surface area contributed by atoms with Gasteiger partial charge in [0.05, 0.1) is 24.0 Å². The normalized spacial score (nSPS) is 22.5. The van der Waals surface area contributed by atoms with E-state index in [9.17, 15) is 13.2 Å². The molecule has 2 aliphatic heterocycles. The van der Waals surface area contributed by atoms with Crippen molar-refractivity contribution in [3.63, 3.8) is 0 Å². The van der Waals surface area contributed by atoms with Crippen molar-refractivity contribution < 1.29 is 22.1 Å². The maximum atomic E-state index is 13.4. The van der Waals surface area contributed by atoms with Gasteiger partial charge in [-0.3, -0.25) is 8.98 Å². The van der Waals surface area contributed by atoms with Gasteiger partial charge in [0.2, 0.25) is 0 Å². The minimum absolute atomic E-state index is 0.0984. The van der Waals surface area contributed by atoms with Gasteiger partial charge in [0.15, 0.2) is 5.72 Å². The van der Waals surface area contributed by atoms with Gasteiger partial charge in [0.1, 0.15) is 0 Å². The van der Waals surface area contributed by atoms with Crippen LogP contribution in [0.4, 0.5) is 0 Å². The maximum Gasteiger partial charge on any atom is 0.296 e. The fraction of sp³-hybridized carbons (Fsp3) is 0.240. The molecule has 0 aromatic heterocycles. The Balaban J connectivity index is 1.59. The third kappa shape index (κ3) is 3.24. The summed E-state index contributed by atoms with van der Waals surface area (Å²) in [6.45, 7) is 2.51. The predicted molar refractivity (Wildman–Crippen MR) is 119 cm³/mol. The van der Waals surface area contributed by atoms with Gasteiger partial charge in [0, 0.05) is 17.7 Å². The lowest BCUT2D eigenvalue weighted by Crippen LogP contribution is -2.54. The molecule has 32 heavy (non-hydrogen) atoms. The number of carbonyl (C=O) groups is 1. The Kier molecular flexibility index (Phi) is 5.12. The number of aryl methyl sites for hydroxylation is 1. The molecule has 2 heterocycles. The van der Waals surface area contributed by atoms with E-state index in [2.05, 4.69) is 0 Å². The number of hydrogen-bond acceptors (Lipinski definition) is 5. The standard InChI is InChI=1S/C25H23NO5S/c1-18-11-13-20(14-12-18)32(28,29)31-17-23-21-9-5-6-10-22(21)24(27)26-15-16-30-25(23,26)19-7-3-2-4-8-19/h2-14,23H,15-17H2,1H3/t23-,25-/m0/s1. The smallest absolute Gasteiger partial charge is 0.296 e. The fourth-order valence-electron chi connectivity index (χ4n) is 4.68. The number of hydrogen-bond donors (Lipinski definition) is 0. The minimum atomic E-state index is -3.99. The molecule has 7 heteroatoms. The van der Waals surface area contributed by atoms with E-state index in [1.165, 1.54) is 12.1 Å². The van der Waals surface area contributed by atoms with E-state index >= 15 is 0 Å². The number of carbonyl (C=O) groups excluding carboxylic acids is 1. The molecule has 0 aliphatic carbocycles. The Morgan fingerprint density at radius 1 is 1.00 bits per heavy atom. The van der Waals surface area contributed by atoms with Gasteiger partial charge >= 0.3 is 0 Å². The first-order valence-corrected chi connectivity index (χ1v) is 11.9. The molecule has 2 aliphatic rings. The number of ether oxygens (including phenoxy) is 1. The van der Waals surface area contributed by atoms with E-state index in [0.29, 0.717) is 18.7 Å². The first kappa shape index (κ1) is 20.9. The molecule has 0 unspecified atom stereocenters. The van der Waals surface area contributed by atoms with Crippen molar-refractivity contribution in [3.05, 3.63) is 101 Å². The first-order chi connectivity index (χ1) is 15.4. The van der Waals surface area contributed by atoms with E-state index in [1.54, 1.807) is 23.1 Å². The number of nitrogens with zero attached hydrogens (tertiary/aromatic N) is 1. The molecule has 0 saturated carbocycles. The summed E-state index contributed by atoms with van der Waals surface area (Å²) in [4.78, 5) is 15.2. The number of fused-ring (bicyclic) bond motifs is 2. The quantitative estimate of drug-likeness (QED) is 0.554. The number of benzene rings is 3. The van der Waals surface area contributed by atoms with Crippen molar-refractivity contribution in [2.75, 3.05) is 19.8 Å². The monoisotopic (exact) mass is 449 g/mol. The summed E-state index contributed by atoms with van der Waals surface area (Å²) >= 11 is 0. The molecule has 2 atom stereocenters. The zero-order valence-electron chi connectivity index (χ0n) is 17.6. The predicted octanol–water partition coefficient (Wildman–Crippen LogP) is 3.82. The van der Waals surface area contributed by atoms with E-state index in [1.807, 2.05) is 55.5 Å². The Hall–Kier alpha value is -3.00. The second-order valence-electron chi connectivity index (χ2n) is 8.06. The highest BCUT2D eigenvalue weighted by atomic mass is 32.2. The largest absolute Gasteiger partial charge is 0.349 e. The average molecular weight is 450 g/mol. The van der Waals surface area contributed by atoms with Crippen LogP contribution in [0.15, 0.2) is 83.8 Å². The highest BCUT2D eigenvalue weighted by molar-refractivity contribution is 7.86. The third-order valence-corrected chi connectivity index (χ3v) is 7.50. The number of rotatable bonds is 5. The molecule has 1 amide bonds. The lowest BCUT2D eigenvalue weighted by molar-refractivity contribution is -0.107. The van der Waals surface area contributed by atoms with Crippen LogP contribution in [-0.4, -0.2) is 39.0 Å². The van der Waals surface area contributed by atoms with Gasteiger partial charge in [-0.15, -0.1) is 0 Å². The van der Waals surface area contributed by atoms with Crippen molar-refractivity contribution in [1.82, 2.24) is 4.90 Å².